The number of fused-ring (bicyclic) bond motifs is 5. The molecular weight excluding hydrogens is 512 g/mol. The summed E-state index contributed by atoms with van der Waals surface area (Å²) in [5.41, 5.74) is 6.72. The Labute approximate surface area is 247 Å². The zero-order chi connectivity index (χ0) is 28.2. The van der Waals surface area contributed by atoms with Crippen LogP contribution in [-0.2, 0) is 0 Å². The van der Waals surface area contributed by atoms with Gasteiger partial charge >= 0.3 is 0 Å². The summed E-state index contributed by atoms with van der Waals surface area (Å²) in [6, 6.07) is 39.8. The Morgan fingerprint density at radius 2 is 1.31 bits per heavy atom. The fourth-order valence-electron chi connectivity index (χ4n) is 8.00. The largest absolute Gasteiger partial charge is 0.365 e. The fraction of sp³-hybridized carbons (Fsp3) is 0.263. The molecule has 4 atom stereocenters. The first-order valence-corrected chi connectivity index (χ1v) is 15.4. The van der Waals surface area contributed by atoms with Crippen LogP contribution in [0.2, 0.25) is 0 Å². The molecule has 3 heterocycles. The number of anilines is 1. The molecule has 2 aliphatic rings. The number of aromatic nitrogens is 3. The Bertz CT molecular complexity index is 1850. The summed E-state index contributed by atoms with van der Waals surface area (Å²) in [6.07, 6.45) is 5.18. The lowest BCUT2D eigenvalue weighted by Crippen LogP contribution is -2.51. The Balaban J connectivity index is 1.36. The highest BCUT2D eigenvalue weighted by atomic mass is 15.2. The average molecular weight is 549 g/mol. The van der Waals surface area contributed by atoms with E-state index in [2.05, 4.69) is 133 Å². The van der Waals surface area contributed by atoms with Crippen LogP contribution >= 0.6 is 0 Å². The number of hydrogen-bond acceptors (Lipinski definition) is 3. The van der Waals surface area contributed by atoms with E-state index in [1.807, 2.05) is 0 Å². The monoisotopic (exact) mass is 548 g/mol. The van der Waals surface area contributed by atoms with Crippen LogP contribution in [0, 0.1) is 11.8 Å². The van der Waals surface area contributed by atoms with Crippen LogP contribution in [-0.4, -0.2) is 26.6 Å². The van der Waals surface area contributed by atoms with Crippen LogP contribution < -0.4 is 4.90 Å². The molecule has 4 aromatic carbocycles. The molecule has 2 aromatic heterocycles. The molecule has 0 spiro atoms. The second-order valence-corrected chi connectivity index (χ2v) is 12.5. The molecule has 0 amide bonds. The maximum Gasteiger partial charge on any atom is 0.164 e. The van der Waals surface area contributed by atoms with Crippen molar-refractivity contribution in [1.29, 1.82) is 0 Å². The van der Waals surface area contributed by atoms with Gasteiger partial charge in [-0.15, -0.1) is 0 Å². The summed E-state index contributed by atoms with van der Waals surface area (Å²) in [5, 5.41) is 2.47. The average Bonchev–Trinajstić information content (AvgIpc) is 3.35. The van der Waals surface area contributed by atoms with E-state index in [4.69, 9.17) is 9.97 Å². The van der Waals surface area contributed by atoms with Gasteiger partial charge in [0, 0.05) is 45.7 Å². The van der Waals surface area contributed by atoms with Gasteiger partial charge in [0.1, 0.15) is 5.82 Å². The standard InChI is InChI=1S/C38H36N4/c1-25-20-27-22-26(2)41(29(21-25)23-27)36-19-11-8-16-32(36)38-39-33(28-12-4-3-5-13-28)24-37(40-38)42-34-17-9-6-14-30(34)31-15-7-10-18-35(31)42/h3-19,24-27,29H,20-23H2,1-2H3. The Morgan fingerprint density at radius 3 is 2.07 bits per heavy atom. The molecule has 6 aromatic rings. The lowest BCUT2D eigenvalue weighted by Gasteiger charge is -2.50. The molecule has 1 aliphatic carbocycles. The molecule has 1 saturated heterocycles. The van der Waals surface area contributed by atoms with Gasteiger partial charge in [-0.3, -0.25) is 4.57 Å². The van der Waals surface area contributed by atoms with Crippen molar-refractivity contribution in [2.45, 2.75) is 51.6 Å². The van der Waals surface area contributed by atoms with Crippen molar-refractivity contribution >= 4 is 27.5 Å². The van der Waals surface area contributed by atoms with Crippen LogP contribution in [0.4, 0.5) is 5.69 Å². The van der Waals surface area contributed by atoms with E-state index >= 15 is 0 Å². The lowest BCUT2D eigenvalue weighted by molar-refractivity contribution is 0.179. The van der Waals surface area contributed by atoms with Gasteiger partial charge in [0.05, 0.1) is 16.7 Å². The third-order valence-corrected chi connectivity index (χ3v) is 9.57. The van der Waals surface area contributed by atoms with Gasteiger partial charge in [0.25, 0.3) is 0 Å². The van der Waals surface area contributed by atoms with Gasteiger partial charge in [-0.25, -0.2) is 9.97 Å². The minimum atomic E-state index is 0.497. The van der Waals surface area contributed by atoms with E-state index < -0.39 is 0 Å². The SMILES string of the molecule is CC1CC2CC(C)N(c3ccccc3-c3nc(-c4ccccc4)cc(-n4c5ccccc5c5ccccc54)n3)C(C1)C2. The first-order chi connectivity index (χ1) is 20.6. The molecule has 4 nitrogen and oxygen atoms in total. The van der Waals surface area contributed by atoms with Crippen molar-refractivity contribution in [2.75, 3.05) is 4.90 Å². The summed E-state index contributed by atoms with van der Waals surface area (Å²) in [5.74, 6) is 3.29. The second-order valence-electron chi connectivity index (χ2n) is 12.5. The molecule has 8 rings (SSSR count). The molecule has 1 aliphatic heterocycles. The second kappa shape index (κ2) is 10.1. The van der Waals surface area contributed by atoms with Crippen LogP contribution in [0.3, 0.4) is 0 Å². The molecule has 42 heavy (non-hydrogen) atoms. The van der Waals surface area contributed by atoms with Gasteiger partial charge < -0.3 is 4.90 Å². The van der Waals surface area contributed by atoms with Gasteiger partial charge in [0.15, 0.2) is 5.82 Å². The zero-order valence-electron chi connectivity index (χ0n) is 24.3. The third kappa shape index (κ3) is 4.20. The van der Waals surface area contributed by atoms with Crippen molar-refractivity contribution < 1.29 is 0 Å². The van der Waals surface area contributed by atoms with Crippen molar-refractivity contribution in [3.63, 3.8) is 0 Å². The Kier molecular flexibility index (Phi) is 6.10. The lowest BCUT2D eigenvalue weighted by atomic mass is 9.72. The molecule has 0 radical (unpaired) electrons. The zero-order valence-corrected chi connectivity index (χ0v) is 24.3. The Hall–Kier alpha value is -4.44. The van der Waals surface area contributed by atoms with Crippen molar-refractivity contribution in [1.82, 2.24) is 14.5 Å². The molecule has 2 bridgehead atoms. The number of para-hydroxylation sites is 3. The van der Waals surface area contributed by atoms with E-state index in [1.54, 1.807) is 0 Å². The first-order valence-electron chi connectivity index (χ1n) is 15.4. The maximum absolute atomic E-state index is 5.37. The predicted molar refractivity (Wildman–Crippen MR) is 174 cm³/mol. The van der Waals surface area contributed by atoms with Crippen LogP contribution in [0.25, 0.3) is 50.3 Å². The smallest absolute Gasteiger partial charge is 0.164 e. The van der Waals surface area contributed by atoms with E-state index in [9.17, 15) is 0 Å². The normalized spacial score (nSPS) is 22.1. The van der Waals surface area contributed by atoms with Crippen LogP contribution in [0.5, 0.6) is 0 Å². The minimum Gasteiger partial charge on any atom is -0.365 e. The number of piperidine rings is 1. The maximum atomic E-state index is 5.37. The summed E-state index contributed by atoms with van der Waals surface area (Å²) in [4.78, 5) is 13.3. The molecule has 208 valence electrons. The molecule has 0 N–H and O–H groups in total. The van der Waals surface area contributed by atoms with Crippen LogP contribution in [0.15, 0.2) is 109 Å². The van der Waals surface area contributed by atoms with Gasteiger partial charge in [-0.05, 0) is 68.7 Å². The predicted octanol–water partition coefficient (Wildman–Crippen LogP) is 9.31. The van der Waals surface area contributed by atoms with E-state index in [-0.39, 0.29) is 0 Å². The molecule has 2 fully saturated rings. The molecular formula is C38H36N4. The number of nitrogens with zero attached hydrogens (tertiary/aromatic N) is 4. The number of benzene rings is 4. The van der Waals surface area contributed by atoms with Gasteiger partial charge in [0.2, 0.25) is 0 Å². The quantitative estimate of drug-likeness (QED) is 0.220. The topological polar surface area (TPSA) is 34.0 Å². The Morgan fingerprint density at radius 1 is 0.643 bits per heavy atom. The third-order valence-electron chi connectivity index (χ3n) is 9.57. The fourth-order valence-corrected chi connectivity index (χ4v) is 8.00. The van der Waals surface area contributed by atoms with Crippen LogP contribution in [0.1, 0.15) is 39.5 Å². The van der Waals surface area contributed by atoms with Crippen molar-refractivity contribution in [3.05, 3.63) is 109 Å². The first kappa shape index (κ1) is 25.3. The van der Waals surface area contributed by atoms with Gasteiger partial charge in [-0.2, -0.15) is 0 Å². The minimum absolute atomic E-state index is 0.497. The summed E-state index contributed by atoms with van der Waals surface area (Å²) >= 11 is 0. The highest BCUT2D eigenvalue weighted by Crippen LogP contribution is 2.45. The van der Waals surface area contributed by atoms with Gasteiger partial charge in [-0.1, -0.05) is 85.8 Å². The van der Waals surface area contributed by atoms with Crippen molar-refractivity contribution in [2.24, 2.45) is 11.8 Å². The number of hydrogen-bond donors (Lipinski definition) is 0. The van der Waals surface area contributed by atoms with Crippen molar-refractivity contribution in [3.8, 4) is 28.5 Å². The molecule has 4 unspecified atom stereocenters. The highest BCUT2D eigenvalue weighted by Gasteiger charge is 2.39. The highest BCUT2D eigenvalue weighted by molar-refractivity contribution is 6.09. The molecule has 1 saturated carbocycles. The summed E-state index contributed by atoms with van der Waals surface area (Å²) < 4.78 is 2.31. The summed E-state index contributed by atoms with van der Waals surface area (Å²) in [6.45, 7) is 4.85. The van der Waals surface area contributed by atoms with E-state index in [0.717, 1.165) is 51.3 Å². The van der Waals surface area contributed by atoms with E-state index in [0.29, 0.717) is 12.1 Å². The summed E-state index contributed by atoms with van der Waals surface area (Å²) in [7, 11) is 0. The number of rotatable bonds is 4. The molecule has 4 heteroatoms. The van der Waals surface area contributed by atoms with E-state index in [1.165, 1.54) is 42.1 Å².